The van der Waals surface area contributed by atoms with Crippen LogP contribution in [0.3, 0.4) is 0 Å². The van der Waals surface area contributed by atoms with E-state index in [0.29, 0.717) is 12.2 Å². The Balaban J connectivity index is 2.70. The summed E-state index contributed by atoms with van der Waals surface area (Å²) in [6.45, 7) is 7.40. The molecule has 1 amide bonds. The summed E-state index contributed by atoms with van der Waals surface area (Å²) in [7, 11) is 1.66. The number of anilines is 1. The van der Waals surface area contributed by atoms with Gasteiger partial charge in [-0.2, -0.15) is 0 Å². The van der Waals surface area contributed by atoms with Gasteiger partial charge in [0.05, 0.1) is 0 Å². The predicted molar refractivity (Wildman–Crippen MR) is 84.9 cm³/mol. The van der Waals surface area contributed by atoms with Crippen molar-refractivity contribution in [1.29, 1.82) is 0 Å². The molecule has 0 aromatic heterocycles. The Bertz CT molecular complexity index is 537. The Morgan fingerprint density at radius 3 is 2.55 bits per heavy atom. The maximum atomic E-state index is 11.9. The Hall–Kier alpha value is -2.24. The molecule has 0 saturated heterocycles. The van der Waals surface area contributed by atoms with Crippen LogP contribution in [0.1, 0.15) is 33.3 Å². The van der Waals surface area contributed by atoms with E-state index in [-0.39, 0.29) is 0 Å². The molecule has 2 N–H and O–H groups in total. The smallest absolute Gasteiger partial charge is 0.410 e. The van der Waals surface area contributed by atoms with Crippen LogP contribution in [0.4, 0.5) is 10.5 Å². The van der Waals surface area contributed by atoms with E-state index in [9.17, 15) is 9.59 Å². The lowest BCUT2D eigenvalue weighted by Crippen LogP contribution is -2.33. The van der Waals surface area contributed by atoms with Crippen molar-refractivity contribution in [3.8, 4) is 0 Å². The summed E-state index contributed by atoms with van der Waals surface area (Å²) in [5.41, 5.74) is 1.05. The molecule has 0 spiro atoms. The Labute approximate surface area is 131 Å². The van der Waals surface area contributed by atoms with E-state index >= 15 is 0 Å². The summed E-state index contributed by atoms with van der Waals surface area (Å²) < 4.78 is 5.29. The van der Waals surface area contributed by atoms with E-state index in [1.54, 1.807) is 20.0 Å². The van der Waals surface area contributed by atoms with Crippen LogP contribution in [0.15, 0.2) is 24.3 Å². The van der Waals surface area contributed by atoms with Gasteiger partial charge in [-0.05, 0) is 45.4 Å². The van der Waals surface area contributed by atoms with Gasteiger partial charge in [0.25, 0.3) is 0 Å². The van der Waals surface area contributed by atoms with Crippen molar-refractivity contribution in [3.63, 3.8) is 0 Å². The lowest BCUT2D eigenvalue weighted by atomic mass is 10.1. The fourth-order valence-electron chi connectivity index (χ4n) is 1.75. The molecule has 0 fully saturated rings. The van der Waals surface area contributed by atoms with Crippen molar-refractivity contribution >= 4 is 17.7 Å². The standard InChI is InChI=1S/C16H24N2O4/c1-11(14(19)20)17-13-8-6-7-12(9-13)10-18(5)15(21)22-16(2,3)4/h6-9,11,17H,10H2,1-5H3,(H,19,20). The normalized spacial score (nSPS) is 12.4. The highest BCUT2D eigenvalue weighted by atomic mass is 16.6. The maximum Gasteiger partial charge on any atom is 0.410 e. The first-order chi connectivity index (χ1) is 10.1. The van der Waals surface area contributed by atoms with E-state index in [2.05, 4.69) is 5.32 Å². The van der Waals surface area contributed by atoms with E-state index in [1.807, 2.05) is 39.0 Å². The highest BCUT2D eigenvalue weighted by molar-refractivity contribution is 5.76. The lowest BCUT2D eigenvalue weighted by molar-refractivity contribution is -0.137. The van der Waals surface area contributed by atoms with E-state index in [1.165, 1.54) is 4.90 Å². The third kappa shape index (κ3) is 6.03. The topological polar surface area (TPSA) is 78.9 Å². The Kier molecular flexibility index (Phi) is 5.79. The highest BCUT2D eigenvalue weighted by Gasteiger charge is 2.19. The number of ether oxygens (including phenoxy) is 1. The third-order valence-corrected chi connectivity index (χ3v) is 2.81. The summed E-state index contributed by atoms with van der Waals surface area (Å²) >= 11 is 0. The number of hydrogen-bond donors (Lipinski definition) is 2. The second-order valence-corrected chi connectivity index (χ2v) is 6.24. The number of nitrogens with one attached hydrogen (secondary N) is 1. The van der Waals surface area contributed by atoms with Gasteiger partial charge in [0, 0.05) is 19.3 Å². The molecule has 0 aliphatic heterocycles. The molecule has 0 saturated carbocycles. The van der Waals surface area contributed by atoms with Gasteiger partial charge in [-0.25, -0.2) is 4.79 Å². The first-order valence-electron chi connectivity index (χ1n) is 7.11. The monoisotopic (exact) mass is 308 g/mol. The zero-order valence-corrected chi connectivity index (χ0v) is 13.7. The molecular weight excluding hydrogens is 284 g/mol. The maximum absolute atomic E-state index is 11.9. The van der Waals surface area contributed by atoms with Gasteiger partial charge >= 0.3 is 12.1 Å². The fourth-order valence-corrected chi connectivity index (χ4v) is 1.75. The van der Waals surface area contributed by atoms with Crippen molar-refractivity contribution in [1.82, 2.24) is 4.90 Å². The summed E-state index contributed by atoms with van der Waals surface area (Å²) in [4.78, 5) is 24.3. The number of carboxylic acid groups (broad SMARTS) is 1. The molecule has 1 aromatic carbocycles. The average Bonchev–Trinajstić information content (AvgIpc) is 2.36. The average molecular weight is 308 g/mol. The zero-order valence-electron chi connectivity index (χ0n) is 13.7. The van der Waals surface area contributed by atoms with Gasteiger partial charge in [-0.1, -0.05) is 12.1 Å². The van der Waals surface area contributed by atoms with Crippen molar-refractivity contribution in [2.75, 3.05) is 12.4 Å². The Morgan fingerprint density at radius 1 is 1.36 bits per heavy atom. The molecule has 0 bridgehead atoms. The van der Waals surface area contributed by atoms with Crippen LogP contribution in [0.5, 0.6) is 0 Å². The minimum Gasteiger partial charge on any atom is -0.480 e. The van der Waals surface area contributed by atoms with Crippen molar-refractivity contribution in [2.24, 2.45) is 0 Å². The predicted octanol–water partition coefficient (Wildman–Crippen LogP) is 2.94. The number of hydrogen-bond acceptors (Lipinski definition) is 4. The molecule has 1 atom stereocenters. The van der Waals surface area contributed by atoms with Gasteiger partial charge in [0.1, 0.15) is 11.6 Å². The summed E-state index contributed by atoms with van der Waals surface area (Å²) in [5.74, 6) is -0.920. The number of amides is 1. The van der Waals surface area contributed by atoms with Crippen molar-refractivity contribution in [3.05, 3.63) is 29.8 Å². The molecule has 122 valence electrons. The SMILES string of the molecule is CC(Nc1cccc(CN(C)C(=O)OC(C)(C)C)c1)C(=O)O. The lowest BCUT2D eigenvalue weighted by Gasteiger charge is -2.24. The largest absolute Gasteiger partial charge is 0.480 e. The minimum atomic E-state index is -0.920. The number of carboxylic acids is 1. The molecule has 1 rings (SSSR count). The number of rotatable bonds is 5. The second kappa shape index (κ2) is 7.15. The number of carbonyl (C=O) groups excluding carboxylic acids is 1. The van der Waals surface area contributed by atoms with E-state index in [4.69, 9.17) is 9.84 Å². The van der Waals surface area contributed by atoms with Crippen LogP contribution in [-0.4, -0.2) is 40.8 Å². The van der Waals surface area contributed by atoms with Gasteiger partial charge in [-0.3, -0.25) is 4.79 Å². The number of nitrogens with zero attached hydrogens (tertiary/aromatic N) is 1. The number of benzene rings is 1. The molecular formula is C16H24N2O4. The molecule has 0 aliphatic carbocycles. The van der Waals surface area contributed by atoms with Crippen LogP contribution >= 0.6 is 0 Å². The minimum absolute atomic E-state index is 0.381. The molecule has 1 unspecified atom stereocenters. The first kappa shape index (κ1) is 17.8. The molecule has 0 heterocycles. The quantitative estimate of drug-likeness (QED) is 0.874. The van der Waals surface area contributed by atoms with Gasteiger partial charge in [0.2, 0.25) is 0 Å². The molecule has 6 nitrogen and oxygen atoms in total. The molecule has 0 aliphatic rings. The molecule has 22 heavy (non-hydrogen) atoms. The summed E-state index contributed by atoms with van der Waals surface area (Å²) in [5, 5.41) is 11.8. The second-order valence-electron chi connectivity index (χ2n) is 6.24. The molecule has 1 aromatic rings. The van der Waals surface area contributed by atoms with Gasteiger partial charge in [-0.15, -0.1) is 0 Å². The zero-order chi connectivity index (χ0) is 16.9. The van der Waals surface area contributed by atoms with Crippen LogP contribution in [0.2, 0.25) is 0 Å². The van der Waals surface area contributed by atoms with Crippen molar-refractivity contribution in [2.45, 2.75) is 45.9 Å². The third-order valence-electron chi connectivity index (χ3n) is 2.81. The van der Waals surface area contributed by atoms with Crippen LogP contribution < -0.4 is 5.32 Å². The highest BCUT2D eigenvalue weighted by Crippen LogP contribution is 2.15. The van der Waals surface area contributed by atoms with Crippen LogP contribution in [-0.2, 0) is 16.1 Å². The van der Waals surface area contributed by atoms with Gasteiger partial charge < -0.3 is 20.1 Å². The summed E-state index contributed by atoms with van der Waals surface area (Å²) in [6.07, 6.45) is -0.398. The van der Waals surface area contributed by atoms with E-state index in [0.717, 1.165) is 5.56 Å². The fraction of sp³-hybridized carbons (Fsp3) is 0.500. The van der Waals surface area contributed by atoms with E-state index < -0.39 is 23.7 Å². The Morgan fingerprint density at radius 2 is 2.00 bits per heavy atom. The van der Waals surface area contributed by atoms with Crippen LogP contribution in [0.25, 0.3) is 0 Å². The van der Waals surface area contributed by atoms with Gasteiger partial charge in [0.15, 0.2) is 0 Å². The summed E-state index contributed by atoms with van der Waals surface area (Å²) in [6, 6.07) is 6.61. The number of aliphatic carboxylic acids is 1. The molecule has 6 heteroatoms. The molecule has 0 radical (unpaired) electrons. The first-order valence-corrected chi connectivity index (χ1v) is 7.11. The number of carbonyl (C=O) groups is 2. The van der Waals surface area contributed by atoms with Crippen LogP contribution in [0, 0.1) is 0 Å². The van der Waals surface area contributed by atoms with Crippen molar-refractivity contribution < 1.29 is 19.4 Å².